The minimum atomic E-state index is -0.763. The predicted molar refractivity (Wildman–Crippen MR) is 56.3 cm³/mol. The van der Waals surface area contributed by atoms with E-state index in [0.717, 1.165) is 23.5 Å². The standard InChI is InChI=1S/C9H15N5O/c1-4-14-7(3)9(6(2)12-14)8(15)5-11-13-10/h8,15H,4-5H2,1-3H3/t8-/m1/s1. The summed E-state index contributed by atoms with van der Waals surface area (Å²) in [4.78, 5) is 2.63. The van der Waals surface area contributed by atoms with Crippen LogP contribution in [0.25, 0.3) is 10.4 Å². The number of aliphatic hydroxyl groups excluding tert-OH is 1. The summed E-state index contributed by atoms with van der Waals surface area (Å²) in [7, 11) is 0. The van der Waals surface area contributed by atoms with Crippen molar-refractivity contribution >= 4 is 0 Å². The van der Waals surface area contributed by atoms with Crippen molar-refractivity contribution in [3.8, 4) is 0 Å². The van der Waals surface area contributed by atoms with Gasteiger partial charge in [-0.2, -0.15) is 5.10 Å². The van der Waals surface area contributed by atoms with Gasteiger partial charge < -0.3 is 5.11 Å². The van der Waals surface area contributed by atoms with Crippen molar-refractivity contribution in [2.24, 2.45) is 5.11 Å². The van der Waals surface area contributed by atoms with E-state index in [9.17, 15) is 5.11 Å². The number of azide groups is 1. The van der Waals surface area contributed by atoms with E-state index in [2.05, 4.69) is 15.1 Å². The third-order valence-corrected chi connectivity index (χ3v) is 2.39. The zero-order valence-electron chi connectivity index (χ0n) is 9.17. The monoisotopic (exact) mass is 209 g/mol. The molecule has 6 heteroatoms. The first kappa shape index (κ1) is 11.6. The topological polar surface area (TPSA) is 86.8 Å². The van der Waals surface area contributed by atoms with E-state index in [-0.39, 0.29) is 6.54 Å². The summed E-state index contributed by atoms with van der Waals surface area (Å²) in [6.45, 7) is 6.55. The van der Waals surface area contributed by atoms with Crippen LogP contribution in [0.3, 0.4) is 0 Å². The summed E-state index contributed by atoms with van der Waals surface area (Å²) in [5.74, 6) is 0. The molecular formula is C9H15N5O. The van der Waals surface area contributed by atoms with Crippen LogP contribution in [0.1, 0.15) is 30.0 Å². The summed E-state index contributed by atoms with van der Waals surface area (Å²) in [5.41, 5.74) is 10.7. The average molecular weight is 209 g/mol. The van der Waals surface area contributed by atoms with Crippen LogP contribution in [0, 0.1) is 13.8 Å². The minimum Gasteiger partial charge on any atom is -0.388 e. The molecule has 0 unspecified atom stereocenters. The number of nitrogens with zero attached hydrogens (tertiary/aromatic N) is 5. The van der Waals surface area contributed by atoms with E-state index < -0.39 is 6.10 Å². The van der Waals surface area contributed by atoms with Crippen LogP contribution in [0.5, 0.6) is 0 Å². The lowest BCUT2D eigenvalue weighted by atomic mass is 10.1. The smallest absolute Gasteiger partial charge is 0.0882 e. The Morgan fingerprint density at radius 2 is 2.27 bits per heavy atom. The van der Waals surface area contributed by atoms with Gasteiger partial charge in [0.15, 0.2) is 0 Å². The van der Waals surface area contributed by atoms with Gasteiger partial charge >= 0.3 is 0 Å². The van der Waals surface area contributed by atoms with Crippen LogP contribution in [-0.2, 0) is 6.54 Å². The molecule has 1 aromatic heterocycles. The normalized spacial score (nSPS) is 12.3. The maximum absolute atomic E-state index is 9.80. The molecule has 1 heterocycles. The molecule has 0 bridgehead atoms. The molecule has 0 amide bonds. The third kappa shape index (κ3) is 2.29. The fourth-order valence-corrected chi connectivity index (χ4v) is 1.71. The highest BCUT2D eigenvalue weighted by molar-refractivity contribution is 5.27. The van der Waals surface area contributed by atoms with Crippen LogP contribution in [0.15, 0.2) is 5.11 Å². The van der Waals surface area contributed by atoms with Gasteiger partial charge in [-0.3, -0.25) is 4.68 Å². The summed E-state index contributed by atoms with van der Waals surface area (Å²) >= 11 is 0. The van der Waals surface area contributed by atoms with Gasteiger partial charge in [0.25, 0.3) is 0 Å². The summed E-state index contributed by atoms with van der Waals surface area (Å²) in [6.07, 6.45) is -0.763. The highest BCUT2D eigenvalue weighted by Gasteiger charge is 2.17. The molecule has 82 valence electrons. The minimum absolute atomic E-state index is 0.0492. The summed E-state index contributed by atoms with van der Waals surface area (Å²) < 4.78 is 1.82. The first-order valence-electron chi connectivity index (χ1n) is 4.84. The van der Waals surface area contributed by atoms with Crippen LogP contribution >= 0.6 is 0 Å². The van der Waals surface area contributed by atoms with Crippen LogP contribution in [0.2, 0.25) is 0 Å². The summed E-state index contributed by atoms with van der Waals surface area (Å²) in [6, 6.07) is 0. The predicted octanol–water partition coefficient (Wildman–Crippen LogP) is 1.86. The molecule has 0 aromatic carbocycles. The maximum atomic E-state index is 9.80. The Bertz CT molecular complexity index is 391. The number of aromatic nitrogens is 2. The van der Waals surface area contributed by atoms with Gasteiger partial charge in [0.2, 0.25) is 0 Å². The van der Waals surface area contributed by atoms with Gasteiger partial charge in [-0.25, -0.2) is 0 Å². The second kappa shape index (κ2) is 4.82. The van der Waals surface area contributed by atoms with Crippen molar-refractivity contribution in [3.63, 3.8) is 0 Å². The second-order valence-corrected chi connectivity index (χ2v) is 3.33. The second-order valence-electron chi connectivity index (χ2n) is 3.33. The lowest BCUT2D eigenvalue weighted by Crippen LogP contribution is -2.05. The van der Waals surface area contributed by atoms with Crippen LogP contribution in [0.4, 0.5) is 0 Å². The van der Waals surface area contributed by atoms with Gasteiger partial charge in [-0.1, -0.05) is 5.11 Å². The van der Waals surface area contributed by atoms with Gasteiger partial charge in [0.1, 0.15) is 0 Å². The molecule has 0 aliphatic rings. The molecule has 0 aliphatic heterocycles. The van der Waals surface area contributed by atoms with Crippen molar-refractivity contribution in [3.05, 3.63) is 27.4 Å². The number of rotatable bonds is 4. The van der Waals surface area contributed by atoms with E-state index in [1.54, 1.807) is 0 Å². The van der Waals surface area contributed by atoms with E-state index in [4.69, 9.17) is 5.53 Å². The van der Waals surface area contributed by atoms with Crippen LogP contribution < -0.4 is 0 Å². The van der Waals surface area contributed by atoms with Crippen molar-refractivity contribution in [2.75, 3.05) is 6.54 Å². The van der Waals surface area contributed by atoms with Crippen molar-refractivity contribution in [1.29, 1.82) is 0 Å². The molecule has 1 N–H and O–H groups in total. The molecule has 1 rings (SSSR count). The Morgan fingerprint density at radius 1 is 1.60 bits per heavy atom. The maximum Gasteiger partial charge on any atom is 0.0882 e. The van der Waals surface area contributed by atoms with Crippen LogP contribution in [-0.4, -0.2) is 21.4 Å². The lowest BCUT2D eigenvalue weighted by molar-refractivity contribution is 0.185. The van der Waals surface area contributed by atoms with Crippen molar-refractivity contribution in [1.82, 2.24) is 9.78 Å². The molecule has 0 fully saturated rings. The van der Waals surface area contributed by atoms with Crippen molar-refractivity contribution in [2.45, 2.75) is 33.4 Å². The van der Waals surface area contributed by atoms with Gasteiger partial charge in [0, 0.05) is 22.7 Å². The van der Waals surface area contributed by atoms with E-state index >= 15 is 0 Å². The molecule has 15 heavy (non-hydrogen) atoms. The largest absolute Gasteiger partial charge is 0.388 e. The molecular weight excluding hydrogens is 194 g/mol. The van der Waals surface area contributed by atoms with Gasteiger partial charge in [0.05, 0.1) is 18.3 Å². The number of aryl methyl sites for hydroxylation is 2. The van der Waals surface area contributed by atoms with Gasteiger partial charge in [-0.15, -0.1) is 0 Å². The fourth-order valence-electron chi connectivity index (χ4n) is 1.71. The first-order valence-corrected chi connectivity index (χ1v) is 4.84. The highest BCUT2D eigenvalue weighted by atomic mass is 16.3. The SMILES string of the molecule is CCn1nc(C)c([C@H](O)CN=[N+]=[N-])c1C. The fraction of sp³-hybridized carbons (Fsp3) is 0.667. The molecule has 0 spiro atoms. The third-order valence-electron chi connectivity index (χ3n) is 2.39. The molecule has 1 atom stereocenters. The molecule has 0 aliphatic carbocycles. The van der Waals surface area contributed by atoms with E-state index in [1.165, 1.54) is 0 Å². The number of hydrogen-bond acceptors (Lipinski definition) is 3. The van der Waals surface area contributed by atoms with Crippen molar-refractivity contribution < 1.29 is 5.11 Å². The Balaban J connectivity index is 3.02. The summed E-state index contributed by atoms with van der Waals surface area (Å²) in [5, 5.41) is 17.4. The molecule has 0 radical (unpaired) electrons. The molecule has 6 nitrogen and oxygen atoms in total. The number of aliphatic hydroxyl groups is 1. The Kier molecular flexibility index (Phi) is 3.71. The lowest BCUT2D eigenvalue weighted by Gasteiger charge is -2.08. The molecule has 0 saturated heterocycles. The van der Waals surface area contributed by atoms with E-state index in [1.807, 2.05) is 25.5 Å². The Labute approximate surface area is 88.2 Å². The zero-order chi connectivity index (χ0) is 11.4. The Hall–Kier alpha value is -1.52. The Morgan fingerprint density at radius 3 is 2.73 bits per heavy atom. The molecule has 0 saturated carbocycles. The molecule has 1 aromatic rings. The first-order chi connectivity index (χ1) is 7.11. The van der Waals surface area contributed by atoms with Gasteiger partial charge in [-0.05, 0) is 26.3 Å². The quantitative estimate of drug-likeness (QED) is 0.466. The van der Waals surface area contributed by atoms with E-state index in [0.29, 0.717) is 0 Å². The zero-order valence-corrected chi connectivity index (χ0v) is 9.17. The highest BCUT2D eigenvalue weighted by Crippen LogP contribution is 2.21. The number of hydrogen-bond donors (Lipinski definition) is 1. The average Bonchev–Trinajstić information content (AvgIpc) is 2.50.